The summed E-state index contributed by atoms with van der Waals surface area (Å²) in [5, 5.41) is 2.22. The third-order valence-electron chi connectivity index (χ3n) is 3.69. The van der Waals surface area contributed by atoms with Crippen LogP contribution in [0.2, 0.25) is 0 Å². The smallest absolute Gasteiger partial charge is 0.230 e. The van der Waals surface area contributed by atoms with E-state index >= 15 is 0 Å². The quantitative estimate of drug-likeness (QED) is 0.848. The number of halogens is 2. The van der Waals surface area contributed by atoms with Crippen molar-refractivity contribution >= 4 is 28.1 Å². The number of rotatable bonds is 4. The summed E-state index contributed by atoms with van der Waals surface area (Å²) in [4.78, 5) is 19.8. The SMILES string of the molecule is CC(=O)N(c1nc(CN2CCOCC2)cs1)c1ccc(F)cc1F. The molecule has 0 saturated carbocycles. The van der Waals surface area contributed by atoms with Gasteiger partial charge in [-0.05, 0) is 12.1 Å². The number of carbonyl (C=O) groups excluding carboxylic acids is 1. The minimum atomic E-state index is -0.796. The van der Waals surface area contributed by atoms with Gasteiger partial charge in [0.05, 0.1) is 24.6 Å². The topological polar surface area (TPSA) is 45.7 Å². The summed E-state index contributed by atoms with van der Waals surface area (Å²) >= 11 is 1.26. The monoisotopic (exact) mass is 353 g/mol. The fraction of sp³-hybridized carbons (Fsp3) is 0.375. The maximum atomic E-state index is 14.0. The molecule has 5 nitrogen and oxygen atoms in total. The lowest BCUT2D eigenvalue weighted by molar-refractivity contribution is -0.115. The second-order valence-corrected chi connectivity index (χ2v) is 6.30. The highest BCUT2D eigenvalue weighted by Crippen LogP contribution is 2.31. The minimum absolute atomic E-state index is 0.00354. The third-order valence-corrected chi connectivity index (χ3v) is 4.56. The van der Waals surface area contributed by atoms with Crippen LogP contribution in [0.1, 0.15) is 12.6 Å². The van der Waals surface area contributed by atoms with Crippen molar-refractivity contribution in [3.05, 3.63) is 40.9 Å². The molecule has 1 aromatic carbocycles. The van der Waals surface area contributed by atoms with E-state index in [1.165, 1.54) is 29.2 Å². The number of morpholine rings is 1. The van der Waals surface area contributed by atoms with Crippen molar-refractivity contribution in [2.75, 3.05) is 31.2 Å². The first-order chi connectivity index (χ1) is 11.5. The van der Waals surface area contributed by atoms with Crippen LogP contribution in [-0.2, 0) is 16.1 Å². The molecule has 1 saturated heterocycles. The lowest BCUT2D eigenvalue weighted by Gasteiger charge is -2.25. The van der Waals surface area contributed by atoms with Crippen LogP contribution in [0.25, 0.3) is 0 Å². The molecule has 24 heavy (non-hydrogen) atoms. The second kappa shape index (κ2) is 7.33. The molecule has 0 spiro atoms. The lowest BCUT2D eigenvalue weighted by atomic mass is 10.2. The van der Waals surface area contributed by atoms with Gasteiger partial charge < -0.3 is 4.74 Å². The van der Waals surface area contributed by atoms with Crippen molar-refractivity contribution < 1.29 is 18.3 Å². The normalized spacial score (nSPS) is 15.5. The van der Waals surface area contributed by atoms with E-state index in [-0.39, 0.29) is 11.6 Å². The number of thiazole rings is 1. The van der Waals surface area contributed by atoms with Gasteiger partial charge >= 0.3 is 0 Å². The number of amides is 1. The summed E-state index contributed by atoms with van der Waals surface area (Å²) in [5.74, 6) is -1.87. The van der Waals surface area contributed by atoms with Gasteiger partial charge in [-0.3, -0.25) is 14.6 Å². The zero-order chi connectivity index (χ0) is 17.1. The van der Waals surface area contributed by atoms with E-state index in [0.717, 1.165) is 30.9 Å². The van der Waals surface area contributed by atoms with Gasteiger partial charge in [0.25, 0.3) is 0 Å². The Kier molecular flexibility index (Phi) is 5.17. The van der Waals surface area contributed by atoms with Gasteiger partial charge in [0, 0.05) is 38.0 Å². The average Bonchev–Trinajstić information content (AvgIpc) is 2.98. The molecule has 1 aromatic heterocycles. The van der Waals surface area contributed by atoms with Gasteiger partial charge in [-0.15, -0.1) is 11.3 Å². The van der Waals surface area contributed by atoms with Crippen molar-refractivity contribution in [1.29, 1.82) is 0 Å². The van der Waals surface area contributed by atoms with Crippen LogP contribution >= 0.6 is 11.3 Å². The number of hydrogen-bond donors (Lipinski definition) is 0. The third kappa shape index (κ3) is 3.77. The first kappa shape index (κ1) is 16.9. The predicted molar refractivity (Wildman–Crippen MR) is 87.4 cm³/mol. The Morgan fingerprint density at radius 3 is 2.79 bits per heavy atom. The van der Waals surface area contributed by atoms with Crippen LogP contribution in [-0.4, -0.2) is 42.1 Å². The average molecular weight is 353 g/mol. The molecule has 0 aliphatic carbocycles. The Morgan fingerprint density at radius 1 is 1.38 bits per heavy atom. The minimum Gasteiger partial charge on any atom is -0.379 e. The highest BCUT2D eigenvalue weighted by molar-refractivity contribution is 7.14. The molecule has 128 valence electrons. The largest absolute Gasteiger partial charge is 0.379 e. The van der Waals surface area contributed by atoms with Crippen molar-refractivity contribution in [3.63, 3.8) is 0 Å². The molecular weight excluding hydrogens is 336 g/mol. The zero-order valence-electron chi connectivity index (χ0n) is 13.2. The first-order valence-electron chi connectivity index (χ1n) is 7.55. The number of nitrogens with zero attached hydrogens (tertiary/aromatic N) is 3. The van der Waals surface area contributed by atoms with Crippen LogP contribution in [0, 0.1) is 11.6 Å². The van der Waals surface area contributed by atoms with Crippen molar-refractivity contribution in [1.82, 2.24) is 9.88 Å². The summed E-state index contributed by atoms with van der Waals surface area (Å²) in [6.45, 7) is 5.02. The number of hydrogen-bond acceptors (Lipinski definition) is 5. The maximum Gasteiger partial charge on any atom is 0.230 e. The molecule has 1 aliphatic rings. The number of carbonyl (C=O) groups is 1. The van der Waals surface area contributed by atoms with Gasteiger partial charge in [-0.2, -0.15) is 0 Å². The first-order valence-corrected chi connectivity index (χ1v) is 8.43. The summed E-state index contributed by atoms with van der Waals surface area (Å²) in [6.07, 6.45) is 0. The van der Waals surface area contributed by atoms with Crippen LogP contribution in [0.4, 0.5) is 19.6 Å². The van der Waals surface area contributed by atoms with Crippen molar-refractivity contribution in [2.45, 2.75) is 13.5 Å². The number of anilines is 2. The fourth-order valence-electron chi connectivity index (χ4n) is 2.53. The standard InChI is InChI=1S/C16H17F2N3O2S/c1-11(22)21(15-3-2-12(17)8-14(15)18)16-19-13(10-24-16)9-20-4-6-23-7-5-20/h2-3,8,10H,4-7,9H2,1H3. The Labute approximate surface area is 142 Å². The van der Waals surface area contributed by atoms with E-state index < -0.39 is 11.6 Å². The lowest BCUT2D eigenvalue weighted by Crippen LogP contribution is -2.35. The molecule has 8 heteroatoms. The van der Waals surface area contributed by atoms with Crippen molar-refractivity contribution in [3.8, 4) is 0 Å². The summed E-state index contributed by atoms with van der Waals surface area (Å²) in [6, 6.07) is 3.12. The molecule has 0 bridgehead atoms. The molecule has 1 amide bonds. The second-order valence-electron chi connectivity index (χ2n) is 5.46. The highest BCUT2D eigenvalue weighted by atomic mass is 32.1. The zero-order valence-corrected chi connectivity index (χ0v) is 14.0. The Hall–Kier alpha value is -1.90. The van der Waals surface area contributed by atoms with E-state index in [1.54, 1.807) is 0 Å². The van der Waals surface area contributed by atoms with Crippen LogP contribution in [0.3, 0.4) is 0 Å². The van der Waals surface area contributed by atoms with E-state index in [2.05, 4.69) is 9.88 Å². The molecule has 1 aliphatic heterocycles. The van der Waals surface area contributed by atoms with Gasteiger partial charge in [0.15, 0.2) is 5.13 Å². The maximum absolute atomic E-state index is 14.0. The van der Waals surface area contributed by atoms with Gasteiger partial charge in [0.2, 0.25) is 5.91 Å². The predicted octanol–water partition coefficient (Wildman–Crippen LogP) is 2.94. The molecule has 1 fully saturated rings. The summed E-state index contributed by atoms with van der Waals surface area (Å²) in [7, 11) is 0. The number of ether oxygens (including phenoxy) is 1. The Bertz CT molecular complexity index is 732. The summed E-state index contributed by atoms with van der Waals surface area (Å²) in [5.41, 5.74) is 0.807. The van der Waals surface area contributed by atoms with Gasteiger partial charge in [-0.1, -0.05) is 0 Å². The molecule has 0 N–H and O–H groups in total. The molecule has 3 rings (SSSR count). The van der Waals surface area contributed by atoms with Gasteiger partial charge in [-0.25, -0.2) is 13.8 Å². The number of benzene rings is 1. The van der Waals surface area contributed by atoms with Crippen LogP contribution in [0.5, 0.6) is 0 Å². The van der Waals surface area contributed by atoms with E-state index in [0.29, 0.717) is 24.9 Å². The van der Waals surface area contributed by atoms with Crippen molar-refractivity contribution in [2.24, 2.45) is 0 Å². The summed E-state index contributed by atoms with van der Waals surface area (Å²) < 4.78 is 32.5. The Morgan fingerprint density at radius 2 is 2.12 bits per heavy atom. The molecule has 2 aromatic rings. The van der Waals surface area contributed by atoms with Crippen LogP contribution < -0.4 is 4.90 Å². The molecule has 2 heterocycles. The molecule has 0 atom stereocenters. The molecular formula is C16H17F2N3O2S. The number of aromatic nitrogens is 1. The van der Waals surface area contributed by atoms with E-state index in [9.17, 15) is 13.6 Å². The Balaban J connectivity index is 1.83. The van der Waals surface area contributed by atoms with Crippen LogP contribution in [0.15, 0.2) is 23.6 Å². The molecule has 0 radical (unpaired) electrons. The van der Waals surface area contributed by atoms with E-state index in [1.807, 2.05) is 5.38 Å². The van der Waals surface area contributed by atoms with Gasteiger partial charge in [0.1, 0.15) is 11.6 Å². The highest BCUT2D eigenvalue weighted by Gasteiger charge is 2.22. The van der Waals surface area contributed by atoms with E-state index in [4.69, 9.17) is 4.74 Å². The molecule has 0 unspecified atom stereocenters. The fourth-order valence-corrected chi connectivity index (χ4v) is 3.40.